The molecule has 0 radical (unpaired) electrons. The number of pyridine rings is 1. The van der Waals surface area contributed by atoms with Crippen LogP contribution in [0.1, 0.15) is 53.0 Å². The van der Waals surface area contributed by atoms with Crippen molar-refractivity contribution in [1.82, 2.24) is 19.9 Å². The Bertz CT molecular complexity index is 1190. The molecule has 0 unspecified atom stereocenters. The second kappa shape index (κ2) is 9.16. The van der Waals surface area contributed by atoms with Crippen molar-refractivity contribution in [2.75, 3.05) is 26.2 Å². The van der Waals surface area contributed by atoms with Crippen LogP contribution >= 0.6 is 0 Å². The Balaban J connectivity index is 1.34. The molecule has 0 spiro atoms. The summed E-state index contributed by atoms with van der Waals surface area (Å²) in [5.74, 6) is 0.214. The molecule has 0 atom stereocenters. The summed E-state index contributed by atoms with van der Waals surface area (Å²) in [7, 11) is 0. The van der Waals surface area contributed by atoms with Crippen molar-refractivity contribution < 1.29 is 9.32 Å². The lowest BCUT2D eigenvalue weighted by Crippen LogP contribution is -2.49. The van der Waals surface area contributed by atoms with E-state index in [1.807, 2.05) is 23.1 Å². The van der Waals surface area contributed by atoms with E-state index >= 15 is 0 Å². The fourth-order valence-corrected chi connectivity index (χ4v) is 4.63. The molecule has 4 aromatic rings. The molecule has 0 bridgehead atoms. The first kappa shape index (κ1) is 21.3. The first-order chi connectivity index (χ1) is 16.1. The van der Waals surface area contributed by atoms with E-state index in [-0.39, 0.29) is 17.9 Å². The molecule has 0 aliphatic carbocycles. The van der Waals surface area contributed by atoms with Gasteiger partial charge in [-0.1, -0.05) is 79.7 Å². The Hall–Kier alpha value is -3.51. The number of nitrogens with zero attached hydrogens (tertiary/aromatic N) is 4. The quantitative estimate of drug-likeness (QED) is 0.442. The predicted molar refractivity (Wildman–Crippen MR) is 128 cm³/mol. The average Bonchev–Trinajstić information content (AvgIpc) is 3.29. The lowest BCUT2D eigenvalue weighted by atomic mass is 9.96. The molecule has 1 saturated heterocycles. The summed E-state index contributed by atoms with van der Waals surface area (Å²) < 4.78 is 5.32. The zero-order chi connectivity index (χ0) is 22.8. The van der Waals surface area contributed by atoms with Gasteiger partial charge in [0, 0.05) is 32.4 Å². The van der Waals surface area contributed by atoms with Crippen LogP contribution in [0.2, 0.25) is 0 Å². The van der Waals surface area contributed by atoms with Crippen LogP contribution in [0.3, 0.4) is 0 Å². The monoisotopic (exact) mass is 440 g/mol. The summed E-state index contributed by atoms with van der Waals surface area (Å²) in [6.07, 6.45) is 1.60. The summed E-state index contributed by atoms with van der Waals surface area (Å²) in [5.41, 5.74) is 4.45. The Morgan fingerprint density at radius 2 is 1.52 bits per heavy atom. The summed E-state index contributed by atoms with van der Waals surface area (Å²) in [6.45, 7) is 7.07. The average molecular weight is 441 g/mol. The van der Waals surface area contributed by atoms with Crippen LogP contribution in [0.15, 0.2) is 77.4 Å². The Labute approximate surface area is 193 Å². The van der Waals surface area contributed by atoms with Gasteiger partial charge in [0.2, 0.25) is 0 Å². The number of fused-ring (bicyclic) bond motifs is 1. The van der Waals surface area contributed by atoms with Crippen LogP contribution in [0.5, 0.6) is 0 Å². The van der Waals surface area contributed by atoms with Crippen molar-refractivity contribution in [3.63, 3.8) is 0 Å². The van der Waals surface area contributed by atoms with Crippen molar-refractivity contribution in [2.24, 2.45) is 0 Å². The number of aromatic nitrogens is 2. The first-order valence-corrected chi connectivity index (χ1v) is 11.5. The number of carbonyl (C=O) groups excluding carboxylic acids is 1. The molecule has 2 aromatic carbocycles. The maximum absolute atomic E-state index is 13.3. The van der Waals surface area contributed by atoms with Gasteiger partial charge in [0.15, 0.2) is 0 Å². The number of rotatable bonds is 5. The number of hydrogen-bond donors (Lipinski definition) is 0. The van der Waals surface area contributed by atoms with E-state index in [0.29, 0.717) is 24.4 Å². The molecule has 1 fully saturated rings. The van der Waals surface area contributed by atoms with Gasteiger partial charge in [0.05, 0.1) is 22.7 Å². The van der Waals surface area contributed by atoms with E-state index in [9.17, 15) is 4.79 Å². The predicted octanol–water partition coefficient (Wildman–Crippen LogP) is 4.89. The van der Waals surface area contributed by atoms with E-state index in [2.05, 4.69) is 77.4 Å². The third-order valence-electron chi connectivity index (χ3n) is 6.35. The topological polar surface area (TPSA) is 62.5 Å². The molecule has 1 aliphatic rings. The molecule has 1 aliphatic heterocycles. The van der Waals surface area contributed by atoms with Gasteiger partial charge in [-0.3, -0.25) is 9.69 Å². The minimum atomic E-state index is 0.0101. The number of amides is 1. The number of piperazine rings is 1. The lowest BCUT2D eigenvalue weighted by Gasteiger charge is -2.39. The maximum atomic E-state index is 13.3. The Morgan fingerprint density at radius 1 is 0.909 bits per heavy atom. The van der Waals surface area contributed by atoms with Crippen LogP contribution in [-0.4, -0.2) is 52.0 Å². The molecule has 2 aromatic heterocycles. The lowest BCUT2D eigenvalue weighted by molar-refractivity contribution is 0.0597. The second-order valence-corrected chi connectivity index (χ2v) is 8.85. The third-order valence-corrected chi connectivity index (χ3v) is 6.35. The molecule has 6 nitrogen and oxygen atoms in total. The van der Waals surface area contributed by atoms with Crippen molar-refractivity contribution in [2.45, 2.75) is 25.8 Å². The highest BCUT2D eigenvalue weighted by atomic mass is 16.5. The number of benzene rings is 2. The minimum Gasteiger partial charge on any atom is -0.336 e. The van der Waals surface area contributed by atoms with Crippen molar-refractivity contribution in [1.29, 1.82) is 0 Å². The van der Waals surface area contributed by atoms with E-state index in [1.165, 1.54) is 11.1 Å². The maximum Gasteiger partial charge on any atom is 0.257 e. The molecule has 5 rings (SSSR count). The van der Waals surface area contributed by atoms with Gasteiger partial charge in [-0.15, -0.1) is 0 Å². The smallest absolute Gasteiger partial charge is 0.257 e. The standard InChI is InChI=1S/C27H28N4O2/c1-19(2)24-23-17-22(18-28-26(23)33-29-24)27(32)31-15-13-30(14-16-31)25(20-9-5-3-6-10-20)21-11-7-4-8-12-21/h3-12,17-19,25H,13-16H2,1-2H3. The SMILES string of the molecule is CC(C)c1noc2ncc(C(=O)N3CCN(C(c4ccccc4)c4ccccc4)CC3)cc12. The molecule has 6 heteroatoms. The zero-order valence-electron chi connectivity index (χ0n) is 19.0. The van der Waals surface area contributed by atoms with E-state index < -0.39 is 0 Å². The van der Waals surface area contributed by atoms with Crippen molar-refractivity contribution >= 4 is 17.0 Å². The number of carbonyl (C=O) groups is 1. The molecule has 3 heterocycles. The highest BCUT2D eigenvalue weighted by molar-refractivity contribution is 5.97. The van der Waals surface area contributed by atoms with Gasteiger partial charge in [0.1, 0.15) is 0 Å². The van der Waals surface area contributed by atoms with Gasteiger partial charge < -0.3 is 9.42 Å². The minimum absolute atomic E-state index is 0.0101. The van der Waals surface area contributed by atoms with Crippen LogP contribution in [0.4, 0.5) is 0 Å². The Morgan fingerprint density at radius 3 is 2.09 bits per heavy atom. The van der Waals surface area contributed by atoms with Gasteiger partial charge in [-0.2, -0.15) is 0 Å². The zero-order valence-corrected chi connectivity index (χ0v) is 19.0. The molecular weight excluding hydrogens is 412 g/mol. The first-order valence-electron chi connectivity index (χ1n) is 11.5. The second-order valence-electron chi connectivity index (χ2n) is 8.85. The summed E-state index contributed by atoms with van der Waals surface area (Å²) in [6, 6.07) is 23.2. The molecule has 0 saturated carbocycles. The fourth-order valence-electron chi connectivity index (χ4n) is 4.63. The molecule has 33 heavy (non-hydrogen) atoms. The van der Waals surface area contributed by atoms with Crippen LogP contribution in [0.25, 0.3) is 11.1 Å². The third kappa shape index (κ3) is 4.26. The van der Waals surface area contributed by atoms with Crippen LogP contribution < -0.4 is 0 Å². The van der Waals surface area contributed by atoms with Gasteiger partial charge in [0.25, 0.3) is 11.6 Å². The molecule has 0 N–H and O–H groups in total. The van der Waals surface area contributed by atoms with E-state index in [4.69, 9.17) is 4.52 Å². The Kier molecular flexibility index (Phi) is 5.92. The summed E-state index contributed by atoms with van der Waals surface area (Å²) in [4.78, 5) is 22.0. The van der Waals surface area contributed by atoms with E-state index in [0.717, 1.165) is 24.2 Å². The summed E-state index contributed by atoms with van der Waals surface area (Å²) in [5, 5.41) is 4.95. The number of hydrogen-bond acceptors (Lipinski definition) is 5. The molecule has 1 amide bonds. The van der Waals surface area contributed by atoms with Gasteiger partial charge in [-0.05, 0) is 23.1 Å². The molecule has 168 valence electrons. The van der Waals surface area contributed by atoms with Gasteiger partial charge >= 0.3 is 0 Å². The van der Waals surface area contributed by atoms with Crippen LogP contribution in [0, 0.1) is 0 Å². The van der Waals surface area contributed by atoms with Crippen LogP contribution in [-0.2, 0) is 0 Å². The normalized spacial score (nSPS) is 15.0. The largest absolute Gasteiger partial charge is 0.336 e. The van der Waals surface area contributed by atoms with Crippen molar-refractivity contribution in [3.05, 3.63) is 95.3 Å². The van der Waals surface area contributed by atoms with Gasteiger partial charge in [-0.25, -0.2) is 4.98 Å². The molecular formula is C27H28N4O2. The van der Waals surface area contributed by atoms with E-state index in [1.54, 1.807) is 6.20 Å². The van der Waals surface area contributed by atoms with Crippen molar-refractivity contribution in [3.8, 4) is 0 Å². The highest BCUT2D eigenvalue weighted by Crippen LogP contribution is 2.30. The highest BCUT2D eigenvalue weighted by Gasteiger charge is 2.29. The summed E-state index contributed by atoms with van der Waals surface area (Å²) >= 11 is 0. The fraction of sp³-hybridized carbons (Fsp3) is 0.296.